The third-order valence-corrected chi connectivity index (χ3v) is 6.69. The number of rotatable bonds is 5. The molecule has 1 aromatic carbocycles. The summed E-state index contributed by atoms with van der Waals surface area (Å²) in [4.78, 5) is 14.6. The van der Waals surface area contributed by atoms with Crippen molar-refractivity contribution in [1.82, 2.24) is 4.72 Å². The summed E-state index contributed by atoms with van der Waals surface area (Å²) in [5.41, 5.74) is 1.80. The number of fused-ring (bicyclic) bond motifs is 1. The van der Waals surface area contributed by atoms with Crippen LogP contribution in [0.15, 0.2) is 23.1 Å². The number of anilines is 1. The summed E-state index contributed by atoms with van der Waals surface area (Å²) in [6.45, 7) is 3.03. The largest absolute Gasteiger partial charge is 0.377 e. The monoisotopic (exact) mass is 364 g/mol. The lowest BCUT2D eigenvalue weighted by Gasteiger charge is -2.22. The van der Waals surface area contributed by atoms with Gasteiger partial charge in [-0.1, -0.05) is 0 Å². The van der Waals surface area contributed by atoms with Crippen LogP contribution in [0.25, 0.3) is 0 Å². The Morgan fingerprint density at radius 1 is 1.32 bits per heavy atom. The van der Waals surface area contributed by atoms with Crippen LogP contribution in [0.5, 0.6) is 0 Å². The highest BCUT2D eigenvalue weighted by Crippen LogP contribution is 2.39. The van der Waals surface area contributed by atoms with Gasteiger partial charge in [-0.25, -0.2) is 13.1 Å². The van der Waals surface area contributed by atoms with Gasteiger partial charge in [0.25, 0.3) is 0 Å². The summed E-state index contributed by atoms with van der Waals surface area (Å²) >= 11 is 0. The van der Waals surface area contributed by atoms with Crippen LogP contribution in [-0.4, -0.2) is 39.6 Å². The van der Waals surface area contributed by atoms with E-state index in [1.54, 1.807) is 18.2 Å². The first-order valence-corrected chi connectivity index (χ1v) is 10.5. The third kappa shape index (κ3) is 3.32. The summed E-state index contributed by atoms with van der Waals surface area (Å²) in [6, 6.07) is 5.17. The van der Waals surface area contributed by atoms with Gasteiger partial charge in [0.1, 0.15) is 0 Å². The Balaban J connectivity index is 1.52. The number of carbonyl (C=O) groups excluding carboxylic acids is 1. The average Bonchev–Trinajstić information content (AvgIpc) is 3.19. The summed E-state index contributed by atoms with van der Waals surface area (Å²) in [5, 5.41) is 0. The molecule has 2 fully saturated rings. The molecule has 1 amide bonds. The van der Waals surface area contributed by atoms with Crippen LogP contribution < -0.4 is 9.62 Å². The van der Waals surface area contributed by atoms with Gasteiger partial charge in [-0.15, -0.1) is 0 Å². The van der Waals surface area contributed by atoms with Gasteiger partial charge in [-0.2, -0.15) is 0 Å². The number of benzene rings is 1. The number of amides is 1. The van der Waals surface area contributed by atoms with Gasteiger partial charge in [-0.05, 0) is 62.8 Å². The number of carbonyl (C=O) groups is 1. The summed E-state index contributed by atoms with van der Waals surface area (Å²) in [6.07, 6.45) is 4.48. The Labute approximate surface area is 148 Å². The van der Waals surface area contributed by atoms with Crippen molar-refractivity contribution in [3.8, 4) is 0 Å². The van der Waals surface area contributed by atoms with Crippen LogP contribution in [0.1, 0.15) is 38.2 Å². The molecule has 25 heavy (non-hydrogen) atoms. The predicted octanol–water partition coefficient (Wildman–Crippen LogP) is 1.83. The lowest BCUT2D eigenvalue weighted by molar-refractivity contribution is -0.120. The molecule has 0 radical (unpaired) electrons. The highest BCUT2D eigenvalue weighted by atomic mass is 32.2. The average molecular weight is 364 g/mol. The molecule has 7 heteroatoms. The normalized spacial score (nSPS) is 26.0. The standard InChI is InChI=1S/C18H24N2O4S/c1-12-9-14-10-16(25(22,23)19-11-15-3-2-8-24-15)6-7-17(14)20(12)18(21)13-4-5-13/h6-7,10,12-13,15,19H,2-5,8-9,11H2,1H3/t12-,15+/m1/s1. The minimum absolute atomic E-state index is 0.0316. The lowest BCUT2D eigenvalue weighted by atomic mass is 10.1. The fourth-order valence-corrected chi connectivity index (χ4v) is 4.85. The molecular formula is C18H24N2O4S. The van der Waals surface area contributed by atoms with Crippen LogP contribution in [0, 0.1) is 5.92 Å². The van der Waals surface area contributed by atoms with Gasteiger partial charge in [0.05, 0.1) is 11.0 Å². The lowest BCUT2D eigenvalue weighted by Crippen LogP contribution is -2.36. The Hall–Kier alpha value is -1.44. The predicted molar refractivity (Wildman–Crippen MR) is 94.0 cm³/mol. The van der Waals surface area contributed by atoms with Gasteiger partial charge < -0.3 is 9.64 Å². The molecule has 1 aliphatic carbocycles. The summed E-state index contributed by atoms with van der Waals surface area (Å²) < 4.78 is 33.2. The minimum atomic E-state index is -3.56. The second-order valence-electron chi connectivity index (χ2n) is 7.31. The maximum atomic E-state index is 12.6. The zero-order chi connectivity index (χ0) is 17.6. The molecule has 2 atom stereocenters. The quantitative estimate of drug-likeness (QED) is 0.865. The molecule has 0 bridgehead atoms. The molecule has 0 spiro atoms. The molecule has 2 heterocycles. The van der Waals surface area contributed by atoms with Crippen molar-refractivity contribution in [3.05, 3.63) is 23.8 Å². The number of hydrogen-bond acceptors (Lipinski definition) is 4. The van der Waals surface area contributed by atoms with Crippen LogP contribution in [0.3, 0.4) is 0 Å². The van der Waals surface area contributed by atoms with Crippen LogP contribution in [0.2, 0.25) is 0 Å². The number of nitrogens with zero attached hydrogens (tertiary/aromatic N) is 1. The second kappa shape index (κ2) is 6.37. The fourth-order valence-electron chi connectivity index (χ4n) is 3.73. The highest BCUT2D eigenvalue weighted by Gasteiger charge is 2.39. The fraction of sp³-hybridized carbons (Fsp3) is 0.611. The molecule has 1 saturated carbocycles. The molecule has 6 nitrogen and oxygen atoms in total. The Kier molecular flexibility index (Phi) is 4.33. The van der Waals surface area contributed by atoms with E-state index in [0.29, 0.717) is 19.6 Å². The van der Waals surface area contributed by atoms with E-state index in [9.17, 15) is 13.2 Å². The molecule has 0 unspecified atom stereocenters. The maximum Gasteiger partial charge on any atom is 0.240 e. The molecule has 3 aliphatic rings. The molecule has 2 aliphatic heterocycles. The van der Waals surface area contributed by atoms with E-state index < -0.39 is 10.0 Å². The van der Waals surface area contributed by atoms with Gasteiger partial charge in [0, 0.05) is 30.8 Å². The first-order chi connectivity index (χ1) is 12.0. The molecular weight excluding hydrogens is 340 g/mol. The first-order valence-electron chi connectivity index (χ1n) is 9.03. The van der Waals surface area contributed by atoms with E-state index in [1.165, 1.54) is 0 Å². The second-order valence-corrected chi connectivity index (χ2v) is 9.08. The van der Waals surface area contributed by atoms with Crippen molar-refractivity contribution in [3.63, 3.8) is 0 Å². The van der Waals surface area contributed by atoms with E-state index in [1.807, 2.05) is 11.8 Å². The molecule has 0 aromatic heterocycles. The van der Waals surface area contributed by atoms with E-state index in [-0.39, 0.29) is 28.9 Å². The zero-order valence-corrected chi connectivity index (χ0v) is 15.2. The Morgan fingerprint density at radius 3 is 2.80 bits per heavy atom. The van der Waals surface area contributed by atoms with Gasteiger partial charge in [0.15, 0.2) is 0 Å². The highest BCUT2D eigenvalue weighted by molar-refractivity contribution is 7.89. The van der Waals surface area contributed by atoms with Crippen molar-refractivity contribution >= 4 is 21.6 Å². The Bertz CT molecular complexity index is 782. The first kappa shape index (κ1) is 17.0. The summed E-state index contributed by atoms with van der Waals surface area (Å²) in [7, 11) is -3.56. The van der Waals surface area contributed by atoms with Crippen LogP contribution >= 0.6 is 0 Å². The SMILES string of the molecule is C[C@@H]1Cc2cc(S(=O)(=O)NC[C@@H]3CCCO3)ccc2N1C(=O)C1CC1. The maximum absolute atomic E-state index is 12.6. The van der Waals surface area contributed by atoms with E-state index >= 15 is 0 Å². The third-order valence-electron chi connectivity index (χ3n) is 5.27. The van der Waals surface area contributed by atoms with Gasteiger partial charge in [0.2, 0.25) is 15.9 Å². The summed E-state index contributed by atoms with van der Waals surface area (Å²) in [5.74, 6) is 0.336. The van der Waals surface area contributed by atoms with Crippen molar-refractivity contribution in [1.29, 1.82) is 0 Å². The topological polar surface area (TPSA) is 75.7 Å². The number of hydrogen-bond donors (Lipinski definition) is 1. The van der Waals surface area contributed by atoms with Crippen molar-refractivity contribution in [2.45, 2.75) is 56.1 Å². The molecule has 1 aromatic rings. The van der Waals surface area contributed by atoms with Gasteiger partial charge >= 0.3 is 0 Å². The minimum Gasteiger partial charge on any atom is -0.377 e. The van der Waals surface area contributed by atoms with Crippen molar-refractivity contribution in [2.75, 3.05) is 18.1 Å². The number of ether oxygens (including phenoxy) is 1. The van der Waals surface area contributed by atoms with Crippen molar-refractivity contribution in [2.24, 2.45) is 5.92 Å². The molecule has 1 N–H and O–H groups in total. The molecule has 136 valence electrons. The number of nitrogens with one attached hydrogen (secondary N) is 1. The molecule has 1 saturated heterocycles. The van der Waals surface area contributed by atoms with E-state index in [0.717, 1.165) is 36.9 Å². The Morgan fingerprint density at radius 2 is 2.12 bits per heavy atom. The van der Waals surface area contributed by atoms with E-state index in [2.05, 4.69) is 4.72 Å². The van der Waals surface area contributed by atoms with Gasteiger partial charge in [-0.3, -0.25) is 4.79 Å². The van der Waals surface area contributed by atoms with Crippen LogP contribution in [0.4, 0.5) is 5.69 Å². The van der Waals surface area contributed by atoms with Crippen molar-refractivity contribution < 1.29 is 17.9 Å². The molecule has 4 rings (SSSR count). The smallest absolute Gasteiger partial charge is 0.240 e. The zero-order valence-electron chi connectivity index (χ0n) is 14.4. The van der Waals surface area contributed by atoms with E-state index in [4.69, 9.17) is 4.74 Å². The number of sulfonamides is 1. The van der Waals surface area contributed by atoms with Crippen LogP contribution in [-0.2, 0) is 26.0 Å².